The lowest BCUT2D eigenvalue weighted by atomic mass is 9.77. The van der Waals surface area contributed by atoms with Gasteiger partial charge in [-0.2, -0.15) is 0 Å². The quantitative estimate of drug-likeness (QED) is 0.768. The molecule has 0 aromatic heterocycles. The fraction of sp³-hybridized carbons (Fsp3) is 0.360. The number of hydrogen-bond acceptors (Lipinski definition) is 4. The third kappa shape index (κ3) is 3.09. The summed E-state index contributed by atoms with van der Waals surface area (Å²) in [7, 11) is 1.62. The van der Waals surface area contributed by atoms with E-state index in [-0.39, 0.29) is 29.5 Å². The van der Waals surface area contributed by atoms with E-state index in [0.717, 1.165) is 42.6 Å². The second kappa shape index (κ2) is 7.63. The molecule has 3 atom stereocenters. The van der Waals surface area contributed by atoms with E-state index in [1.54, 1.807) is 12.0 Å². The van der Waals surface area contributed by atoms with Gasteiger partial charge in [-0.05, 0) is 42.5 Å². The molecule has 5 nitrogen and oxygen atoms in total. The molecule has 30 heavy (non-hydrogen) atoms. The summed E-state index contributed by atoms with van der Waals surface area (Å²) in [6.07, 6.45) is 3.59. The van der Waals surface area contributed by atoms with E-state index in [0.29, 0.717) is 12.1 Å². The van der Waals surface area contributed by atoms with Crippen molar-refractivity contribution in [2.45, 2.75) is 44.4 Å². The summed E-state index contributed by atoms with van der Waals surface area (Å²) < 4.78 is 11.5. The maximum atomic E-state index is 13.6. The van der Waals surface area contributed by atoms with Crippen molar-refractivity contribution in [1.29, 1.82) is 0 Å². The highest BCUT2D eigenvalue weighted by Gasteiger charge is 2.51. The normalized spacial score (nSPS) is 25.6. The Morgan fingerprint density at radius 2 is 1.73 bits per heavy atom. The van der Waals surface area contributed by atoms with E-state index in [4.69, 9.17) is 9.47 Å². The minimum absolute atomic E-state index is 0.0886. The number of methoxy groups -OCH3 is 1. The van der Waals surface area contributed by atoms with Gasteiger partial charge in [-0.1, -0.05) is 48.9 Å². The monoisotopic (exact) mass is 403 g/mol. The minimum Gasteiger partial charge on any atom is -0.497 e. The number of hydrogen-bond donors (Lipinski definition) is 0. The van der Waals surface area contributed by atoms with Crippen LogP contribution in [-0.2, 0) is 20.9 Å². The predicted octanol–water partition coefficient (Wildman–Crippen LogP) is 4.19. The van der Waals surface area contributed by atoms with Crippen LogP contribution < -0.4 is 4.74 Å². The van der Waals surface area contributed by atoms with Crippen LogP contribution in [0.5, 0.6) is 5.75 Å². The lowest BCUT2D eigenvalue weighted by Crippen LogP contribution is -2.39. The maximum Gasteiger partial charge on any atom is 0.290 e. The van der Waals surface area contributed by atoms with Crippen molar-refractivity contribution in [2.75, 3.05) is 7.11 Å². The summed E-state index contributed by atoms with van der Waals surface area (Å²) in [4.78, 5) is 28.8. The molecule has 1 fully saturated rings. The molecule has 1 aliphatic carbocycles. The average molecular weight is 403 g/mol. The van der Waals surface area contributed by atoms with E-state index in [1.165, 1.54) is 0 Å². The number of Topliss-reactive ketones (excluding diaryl/α,β-unsaturated/α-hetero) is 1. The molecular formula is C25H25NO4. The average Bonchev–Trinajstić information content (AvgIpc) is 3.06. The third-order valence-corrected chi connectivity index (χ3v) is 6.49. The van der Waals surface area contributed by atoms with Gasteiger partial charge in [0.25, 0.3) is 5.91 Å². The molecule has 1 amide bonds. The molecule has 154 valence electrons. The first kappa shape index (κ1) is 18.9. The van der Waals surface area contributed by atoms with Crippen LogP contribution in [0.25, 0.3) is 0 Å². The van der Waals surface area contributed by atoms with Gasteiger partial charge >= 0.3 is 0 Å². The Kier molecular flexibility index (Phi) is 4.81. The van der Waals surface area contributed by atoms with E-state index in [1.807, 2.05) is 54.6 Å². The molecule has 5 heteroatoms. The van der Waals surface area contributed by atoms with Gasteiger partial charge in [0, 0.05) is 6.54 Å². The van der Waals surface area contributed by atoms with Crippen molar-refractivity contribution >= 4 is 11.7 Å². The van der Waals surface area contributed by atoms with Gasteiger partial charge in [0.2, 0.25) is 0 Å². The van der Waals surface area contributed by atoms with Gasteiger partial charge in [-0.25, -0.2) is 0 Å². The first-order chi connectivity index (χ1) is 14.7. The van der Waals surface area contributed by atoms with E-state index in [9.17, 15) is 9.59 Å². The van der Waals surface area contributed by atoms with Gasteiger partial charge < -0.3 is 14.4 Å². The zero-order valence-electron chi connectivity index (χ0n) is 17.0. The largest absolute Gasteiger partial charge is 0.497 e. The summed E-state index contributed by atoms with van der Waals surface area (Å²) >= 11 is 0. The first-order valence-corrected chi connectivity index (χ1v) is 10.6. The number of rotatable bonds is 4. The van der Waals surface area contributed by atoms with Gasteiger partial charge in [0.1, 0.15) is 11.9 Å². The summed E-state index contributed by atoms with van der Waals surface area (Å²) in [5.74, 6) is 0.769. The Morgan fingerprint density at radius 1 is 1.00 bits per heavy atom. The van der Waals surface area contributed by atoms with E-state index < -0.39 is 6.04 Å². The lowest BCUT2D eigenvalue weighted by Gasteiger charge is -2.35. The zero-order valence-corrected chi connectivity index (χ0v) is 17.0. The third-order valence-electron chi connectivity index (χ3n) is 6.49. The Hall–Kier alpha value is -3.08. The minimum atomic E-state index is -0.436. The fourth-order valence-electron chi connectivity index (χ4n) is 4.97. The Morgan fingerprint density at radius 3 is 2.47 bits per heavy atom. The molecule has 3 unspecified atom stereocenters. The van der Waals surface area contributed by atoms with Crippen LogP contribution >= 0.6 is 0 Å². The van der Waals surface area contributed by atoms with Crippen molar-refractivity contribution < 1.29 is 19.1 Å². The standard InChI is InChI=1S/C25H25NO4/c1-29-18-13-11-17(12-14-18)22-21-23(27)19-9-5-6-10-20(19)30-24(21)25(28)26(22)15-16-7-3-2-4-8-16/h2-4,7-8,11-14,19-20,22H,5-6,9-10,15H2,1H3. The Bertz CT molecular complexity index is 996. The number of ether oxygens (including phenoxy) is 2. The number of ketones is 1. The number of carbonyl (C=O) groups is 2. The molecule has 0 N–H and O–H groups in total. The van der Waals surface area contributed by atoms with Crippen LogP contribution in [0.2, 0.25) is 0 Å². The second-order valence-electron chi connectivity index (χ2n) is 8.25. The molecule has 5 rings (SSSR count). The van der Waals surface area contributed by atoms with Crippen LogP contribution in [0.1, 0.15) is 42.9 Å². The molecule has 0 saturated heterocycles. The van der Waals surface area contributed by atoms with Crippen molar-refractivity contribution in [3.05, 3.63) is 77.1 Å². The molecule has 0 bridgehead atoms. The van der Waals surface area contributed by atoms with Gasteiger partial charge in [-0.3, -0.25) is 9.59 Å². The zero-order chi connectivity index (χ0) is 20.7. The second-order valence-corrected chi connectivity index (χ2v) is 8.25. The van der Waals surface area contributed by atoms with Crippen molar-refractivity contribution in [1.82, 2.24) is 4.90 Å². The van der Waals surface area contributed by atoms with Gasteiger partial charge in [0.05, 0.1) is 24.6 Å². The molecule has 2 aromatic rings. The number of benzene rings is 2. The Labute approximate surface area is 176 Å². The summed E-state index contributed by atoms with van der Waals surface area (Å²) in [5, 5.41) is 0. The van der Waals surface area contributed by atoms with Crippen LogP contribution in [0.3, 0.4) is 0 Å². The van der Waals surface area contributed by atoms with Crippen LogP contribution in [-0.4, -0.2) is 29.8 Å². The molecular weight excluding hydrogens is 378 g/mol. The summed E-state index contributed by atoms with van der Waals surface area (Å²) in [5.41, 5.74) is 2.45. The van der Waals surface area contributed by atoms with Crippen molar-refractivity contribution in [3.8, 4) is 5.75 Å². The topological polar surface area (TPSA) is 55.8 Å². The lowest BCUT2D eigenvalue weighted by molar-refractivity contribution is -0.135. The molecule has 2 heterocycles. The van der Waals surface area contributed by atoms with Crippen molar-refractivity contribution in [2.24, 2.45) is 5.92 Å². The van der Waals surface area contributed by atoms with Crippen LogP contribution in [0, 0.1) is 5.92 Å². The van der Waals surface area contributed by atoms with Crippen LogP contribution in [0.4, 0.5) is 0 Å². The first-order valence-electron chi connectivity index (χ1n) is 10.6. The highest BCUT2D eigenvalue weighted by molar-refractivity contribution is 6.11. The summed E-state index contributed by atoms with van der Waals surface area (Å²) in [6.45, 7) is 0.426. The fourth-order valence-corrected chi connectivity index (χ4v) is 4.97. The number of carbonyl (C=O) groups excluding carboxylic acids is 2. The molecule has 2 aliphatic heterocycles. The summed E-state index contributed by atoms with van der Waals surface area (Å²) in [6, 6.07) is 17.0. The molecule has 3 aliphatic rings. The van der Waals surface area contributed by atoms with Crippen LogP contribution in [0.15, 0.2) is 65.9 Å². The maximum absolute atomic E-state index is 13.6. The van der Waals surface area contributed by atoms with Gasteiger partial charge in [0.15, 0.2) is 11.5 Å². The highest BCUT2D eigenvalue weighted by atomic mass is 16.5. The predicted molar refractivity (Wildman–Crippen MR) is 112 cm³/mol. The van der Waals surface area contributed by atoms with Gasteiger partial charge in [-0.15, -0.1) is 0 Å². The van der Waals surface area contributed by atoms with E-state index >= 15 is 0 Å². The molecule has 1 saturated carbocycles. The van der Waals surface area contributed by atoms with Crippen molar-refractivity contribution in [3.63, 3.8) is 0 Å². The SMILES string of the molecule is COc1ccc(C2C3=C(OC4CCCCC4C3=O)C(=O)N2Cc2ccccc2)cc1. The number of amides is 1. The van der Waals surface area contributed by atoms with E-state index in [2.05, 4.69) is 0 Å². The smallest absolute Gasteiger partial charge is 0.290 e. The number of nitrogens with zero attached hydrogens (tertiary/aromatic N) is 1. The highest BCUT2D eigenvalue weighted by Crippen LogP contribution is 2.47. The number of fused-ring (bicyclic) bond motifs is 1. The molecule has 2 aromatic carbocycles. The molecule has 0 radical (unpaired) electrons. The molecule has 0 spiro atoms. The Balaban J connectivity index is 1.57.